The second-order valence-electron chi connectivity index (χ2n) is 5.42. The molecule has 0 aromatic heterocycles. The molecule has 0 spiro atoms. The summed E-state index contributed by atoms with van der Waals surface area (Å²) in [5.74, 6) is -0.354. The Morgan fingerprint density at radius 1 is 1.12 bits per heavy atom. The molecule has 1 fully saturated rings. The van der Waals surface area contributed by atoms with Crippen molar-refractivity contribution < 1.29 is 25.2 Å². The number of ether oxygens (including phenoxy) is 1. The molecule has 0 aromatic rings. The van der Waals surface area contributed by atoms with Crippen molar-refractivity contribution in [1.82, 2.24) is 0 Å². The predicted molar refractivity (Wildman–Crippen MR) is 57.8 cm³/mol. The van der Waals surface area contributed by atoms with E-state index in [2.05, 4.69) is 0 Å². The molecule has 0 radical (unpaired) electrons. The van der Waals surface area contributed by atoms with E-state index in [1.165, 1.54) is 0 Å². The van der Waals surface area contributed by atoms with Gasteiger partial charge in [0.2, 0.25) is 0 Å². The van der Waals surface area contributed by atoms with Crippen LogP contribution in [0.3, 0.4) is 0 Å². The molecule has 16 heavy (non-hydrogen) atoms. The fourth-order valence-corrected chi connectivity index (χ4v) is 2.04. The van der Waals surface area contributed by atoms with Gasteiger partial charge in [0.1, 0.15) is 12.2 Å². The maximum Gasteiger partial charge on any atom is 0.109 e. The third-order valence-corrected chi connectivity index (χ3v) is 2.81. The zero-order valence-corrected chi connectivity index (χ0v) is 10.00. The molecule has 1 saturated carbocycles. The second kappa shape index (κ2) is 4.98. The van der Waals surface area contributed by atoms with Gasteiger partial charge in [0.25, 0.3) is 0 Å². The Bertz CT molecular complexity index is 223. The number of hydrogen-bond acceptors (Lipinski definition) is 5. The first-order valence-corrected chi connectivity index (χ1v) is 5.59. The summed E-state index contributed by atoms with van der Waals surface area (Å²) in [6.45, 7) is 5.34. The summed E-state index contributed by atoms with van der Waals surface area (Å²) in [6.07, 6.45) is -3.80. The molecule has 0 heterocycles. The molecule has 96 valence electrons. The van der Waals surface area contributed by atoms with E-state index < -0.39 is 30.0 Å². The van der Waals surface area contributed by atoms with E-state index in [0.717, 1.165) is 0 Å². The SMILES string of the molecule is CC(C)(C)OC1C(CO)CC(O)C(O)C1O. The summed E-state index contributed by atoms with van der Waals surface area (Å²) in [4.78, 5) is 0. The van der Waals surface area contributed by atoms with E-state index in [9.17, 15) is 20.4 Å². The van der Waals surface area contributed by atoms with Crippen molar-refractivity contribution in [2.24, 2.45) is 5.92 Å². The van der Waals surface area contributed by atoms with Gasteiger partial charge in [0, 0.05) is 12.5 Å². The third-order valence-electron chi connectivity index (χ3n) is 2.81. The van der Waals surface area contributed by atoms with E-state index in [0.29, 0.717) is 0 Å². The number of aliphatic hydroxyl groups is 4. The molecule has 1 aliphatic rings. The van der Waals surface area contributed by atoms with Crippen LogP contribution in [0, 0.1) is 5.92 Å². The number of aliphatic hydroxyl groups excluding tert-OH is 4. The highest BCUT2D eigenvalue weighted by atomic mass is 16.5. The Kier molecular flexibility index (Phi) is 4.31. The van der Waals surface area contributed by atoms with E-state index in [1.54, 1.807) is 0 Å². The lowest BCUT2D eigenvalue weighted by Crippen LogP contribution is -2.56. The quantitative estimate of drug-likeness (QED) is 0.505. The molecular formula is C11H22O5. The second-order valence-corrected chi connectivity index (χ2v) is 5.42. The Morgan fingerprint density at radius 2 is 1.69 bits per heavy atom. The summed E-state index contributed by atoms with van der Waals surface area (Å²) in [5, 5.41) is 38.1. The van der Waals surface area contributed by atoms with Crippen LogP contribution in [0.25, 0.3) is 0 Å². The average molecular weight is 234 g/mol. The van der Waals surface area contributed by atoms with Gasteiger partial charge in [-0.2, -0.15) is 0 Å². The first kappa shape index (κ1) is 13.9. The van der Waals surface area contributed by atoms with E-state index in [-0.39, 0.29) is 18.9 Å². The van der Waals surface area contributed by atoms with Gasteiger partial charge in [-0.3, -0.25) is 0 Å². The number of rotatable bonds is 2. The molecule has 0 saturated heterocycles. The highest BCUT2D eigenvalue weighted by Crippen LogP contribution is 2.30. The predicted octanol–water partition coefficient (Wildman–Crippen LogP) is -0.735. The molecule has 4 N–H and O–H groups in total. The third kappa shape index (κ3) is 3.15. The average Bonchev–Trinajstić information content (AvgIpc) is 2.17. The van der Waals surface area contributed by atoms with Gasteiger partial charge in [0.05, 0.1) is 17.8 Å². The summed E-state index contributed by atoms with van der Waals surface area (Å²) in [7, 11) is 0. The van der Waals surface area contributed by atoms with Gasteiger partial charge < -0.3 is 25.2 Å². The summed E-state index contributed by atoms with van der Waals surface area (Å²) in [6, 6.07) is 0. The first-order chi connectivity index (χ1) is 7.26. The van der Waals surface area contributed by atoms with Gasteiger partial charge in [-0.1, -0.05) is 0 Å². The highest BCUT2D eigenvalue weighted by molar-refractivity contribution is 4.94. The van der Waals surface area contributed by atoms with Crippen molar-refractivity contribution in [3.05, 3.63) is 0 Å². The van der Waals surface area contributed by atoms with Gasteiger partial charge >= 0.3 is 0 Å². The summed E-state index contributed by atoms with van der Waals surface area (Å²) >= 11 is 0. The molecule has 0 bridgehead atoms. The Hall–Kier alpha value is -0.200. The first-order valence-electron chi connectivity index (χ1n) is 5.59. The van der Waals surface area contributed by atoms with Crippen LogP contribution >= 0.6 is 0 Å². The van der Waals surface area contributed by atoms with Crippen molar-refractivity contribution in [2.45, 2.75) is 57.2 Å². The van der Waals surface area contributed by atoms with Gasteiger partial charge in [-0.15, -0.1) is 0 Å². The van der Waals surface area contributed by atoms with E-state index in [4.69, 9.17) is 4.74 Å². The lowest BCUT2D eigenvalue weighted by atomic mass is 9.81. The summed E-state index contributed by atoms with van der Waals surface area (Å²) < 4.78 is 5.63. The molecule has 1 rings (SSSR count). The van der Waals surface area contributed by atoms with Crippen LogP contribution in [0.2, 0.25) is 0 Å². The van der Waals surface area contributed by atoms with Crippen molar-refractivity contribution in [2.75, 3.05) is 6.61 Å². The van der Waals surface area contributed by atoms with Crippen LogP contribution in [-0.4, -0.2) is 57.0 Å². The molecular weight excluding hydrogens is 212 g/mol. The van der Waals surface area contributed by atoms with Crippen LogP contribution in [0.5, 0.6) is 0 Å². The smallest absolute Gasteiger partial charge is 0.109 e. The minimum Gasteiger partial charge on any atom is -0.396 e. The zero-order valence-electron chi connectivity index (χ0n) is 10.00. The lowest BCUT2D eigenvalue weighted by molar-refractivity contribution is -0.209. The number of hydrogen-bond donors (Lipinski definition) is 4. The maximum absolute atomic E-state index is 9.83. The molecule has 5 atom stereocenters. The largest absolute Gasteiger partial charge is 0.396 e. The minimum atomic E-state index is -1.21. The molecule has 5 unspecified atom stereocenters. The minimum absolute atomic E-state index is 0.179. The van der Waals surface area contributed by atoms with Gasteiger partial charge in [-0.25, -0.2) is 0 Å². The fourth-order valence-electron chi connectivity index (χ4n) is 2.04. The van der Waals surface area contributed by atoms with Crippen LogP contribution in [0.1, 0.15) is 27.2 Å². The Labute approximate surface area is 95.7 Å². The normalized spacial score (nSPS) is 41.1. The van der Waals surface area contributed by atoms with Gasteiger partial charge in [0.15, 0.2) is 0 Å². The Balaban J connectivity index is 2.77. The zero-order chi connectivity index (χ0) is 12.5. The van der Waals surface area contributed by atoms with Crippen LogP contribution in [0.4, 0.5) is 0 Å². The monoisotopic (exact) mass is 234 g/mol. The standard InChI is InChI=1S/C11H22O5/c1-11(2,3)16-10-6(5-12)4-7(13)8(14)9(10)15/h6-10,12-15H,4-5H2,1-3H3. The molecule has 5 heteroatoms. The van der Waals surface area contributed by atoms with Crippen molar-refractivity contribution in [1.29, 1.82) is 0 Å². The van der Waals surface area contributed by atoms with Gasteiger partial charge in [-0.05, 0) is 27.2 Å². The molecule has 5 nitrogen and oxygen atoms in total. The summed E-state index contributed by atoms with van der Waals surface area (Å²) in [5.41, 5.74) is -0.471. The van der Waals surface area contributed by atoms with Crippen LogP contribution in [-0.2, 0) is 4.74 Å². The van der Waals surface area contributed by atoms with Crippen molar-refractivity contribution >= 4 is 0 Å². The maximum atomic E-state index is 9.83. The molecule has 1 aliphatic carbocycles. The van der Waals surface area contributed by atoms with Crippen molar-refractivity contribution in [3.63, 3.8) is 0 Å². The molecule has 0 amide bonds. The topological polar surface area (TPSA) is 90.2 Å². The fraction of sp³-hybridized carbons (Fsp3) is 1.00. The molecule has 0 aromatic carbocycles. The van der Waals surface area contributed by atoms with E-state index in [1.807, 2.05) is 20.8 Å². The van der Waals surface area contributed by atoms with E-state index >= 15 is 0 Å². The lowest BCUT2D eigenvalue weighted by Gasteiger charge is -2.42. The highest BCUT2D eigenvalue weighted by Gasteiger charge is 2.44. The Morgan fingerprint density at radius 3 is 2.12 bits per heavy atom. The molecule has 0 aliphatic heterocycles. The van der Waals surface area contributed by atoms with Crippen LogP contribution < -0.4 is 0 Å². The van der Waals surface area contributed by atoms with Crippen LogP contribution in [0.15, 0.2) is 0 Å². The van der Waals surface area contributed by atoms with Crippen molar-refractivity contribution in [3.8, 4) is 0 Å².